The van der Waals surface area contributed by atoms with Crippen molar-refractivity contribution in [3.63, 3.8) is 0 Å². The Morgan fingerprint density at radius 3 is 2.46 bits per heavy atom. The molecule has 0 spiro atoms. The van der Waals surface area contributed by atoms with Crippen molar-refractivity contribution in [1.29, 1.82) is 0 Å². The minimum Gasteiger partial charge on any atom is -0.364 e. The van der Waals surface area contributed by atoms with Crippen LogP contribution < -0.4 is 10.5 Å². The number of nitrogens with zero attached hydrogens (tertiary/aromatic N) is 3. The monoisotopic (exact) mass is 481 g/mol. The summed E-state index contributed by atoms with van der Waals surface area (Å²) in [5, 5.41) is 10.7. The van der Waals surface area contributed by atoms with E-state index < -0.39 is 10.0 Å². The second-order valence-corrected chi connectivity index (χ2v) is 9.80. The highest BCUT2D eigenvalue weighted by molar-refractivity contribution is 7.88. The predicted octanol–water partition coefficient (Wildman–Crippen LogP) is 4.76. The molecular formula is C27H23N5O2S. The quantitative estimate of drug-likeness (QED) is 0.347. The van der Waals surface area contributed by atoms with Gasteiger partial charge < -0.3 is 5.32 Å². The highest BCUT2D eigenvalue weighted by Gasteiger charge is 2.14. The fraction of sp³-hybridized carbons (Fsp3) is 0.0741. The lowest BCUT2D eigenvalue weighted by Gasteiger charge is -2.15. The molecule has 5 rings (SSSR count). The lowest BCUT2D eigenvalue weighted by atomic mass is 9.97. The number of hydrogen-bond acceptors (Lipinski definition) is 6. The molecule has 0 fully saturated rings. The second-order valence-electron chi connectivity index (χ2n) is 8.19. The maximum absolute atomic E-state index is 11.6. The lowest BCUT2D eigenvalue weighted by molar-refractivity contribution is 0.597. The number of sulfonamides is 1. The zero-order chi connectivity index (χ0) is 24.3. The molecule has 0 aliphatic heterocycles. The molecule has 3 aromatic heterocycles. The number of primary sulfonamides is 1. The molecule has 0 saturated carbocycles. The van der Waals surface area contributed by atoms with Crippen LogP contribution >= 0.6 is 0 Å². The zero-order valence-corrected chi connectivity index (χ0v) is 19.6. The Balaban J connectivity index is 1.65. The van der Waals surface area contributed by atoms with Crippen LogP contribution in [0.25, 0.3) is 33.2 Å². The van der Waals surface area contributed by atoms with Crippen LogP contribution in [0, 0.1) is 0 Å². The molecular weight excluding hydrogens is 458 g/mol. The van der Waals surface area contributed by atoms with Crippen LogP contribution in [0.4, 0.5) is 5.82 Å². The van der Waals surface area contributed by atoms with Crippen molar-refractivity contribution >= 4 is 26.6 Å². The molecule has 0 aliphatic carbocycles. The molecule has 0 aliphatic rings. The van der Waals surface area contributed by atoms with Crippen LogP contribution in [0.1, 0.15) is 11.3 Å². The van der Waals surface area contributed by atoms with Crippen LogP contribution in [0.5, 0.6) is 0 Å². The van der Waals surface area contributed by atoms with Crippen molar-refractivity contribution in [2.75, 3.05) is 5.32 Å². The van der Waals surface area contributed by atoms with Gasteiger partial charge in [-0.25, -0.2) is 18.5 Å². The second kappa shape index (κ2) is 9.61. The van der Waals surface area contributed by atoms with Gasteiger partial charge in [0.25, 0.3) is 0 Å². The number of nitrogens with two attached hydrogens (primary N) is 1. The van der Waals surface area contributed by atoms with Gasteiger partial charge in [-0.05, 0) is 46.3 Å². The van der Waals surface area contributed by atoms with E-state index in [2.05, 4.69) is 33.5 Å². The van der Waals surface area contributed by atoms with Crippen LogP contribution in [-0.4, -0.2) is 23.4 Å². The summed E-state index contributed by atoms with van der Waals surface area (Å²) in [4.78, 5) is 13.6. The summed E-state index contributed by atoms with van der Waals surface area (Å²) in [6.45, 7) is 0.499. The Kier molecular flexibility index (Phi) is 6.22. The van der Waals surface area contributed by atoms with E-state index >= 15 is 0 Å². The first-order valence-corrected chi connectivity index (χ1v) is 12.8. The van der Waals surface area contributed by atoms with Gasteiger partial charge in [0, 0.05) is 29.5 Å². The predicted molar refractivity (Wildman–Crippen MR) is 139 cm³/mol. The number of pyridine rings is 3. The standard InChI is InChI=1S/C27H23N5O2S/c28-35(33,34)18-19-13-22(16-29-15-19)25-14-21-9-6-11-24(20-7-2-1-3-8-20)26(21)27(32-25)31-17-23-10-4-5-12-30-23/h1-16H,17-18H2,(H,31,32)(H2,28,33,34). The van der Waals surface area contributed by atoms with Gasteiger partial charge in [0.05, 0.1) is 23.7 Å². The summed E-state index contributed by atoms with van der Waals surface area (Å²) < 4.78 is 23.2. The number of hydrogen-bond donors (Lipinski definition) is 2. The van der Waals surface area contributed by atoms with Crippen molar-refractivity contribution in [2.45, 2.75) is 12.3 Å². The van der Waals surface area contributed by atoms with E-state index in [9.17, 15) is 8.42 Å². The number of benzene rings is 2. The molecule has 3 heterocycles. The lowest BCUT2D eigenvalue weighted by Crippen LogP contribution is -2.14. The number of fused-ring (bicyclic) bond motifs is 1. The molecule has 0 saturated heterocycles. The smallest absolute Gasteiger partial charge is 0.213 e. The molecule has 0 atom stereocenters. The number of rotatable bonds is 7. The van der Waals surface area contributed by atoms with E-state index in [0.717, 1.165) is 27.6 Å². The average Bonchev–Trinajstić information content (AvgIpc) is 2.87. The maximum Gasteiger partial charge on any atom is 0.213 e. The van der Waals surface area contributed by atoms with Gasteiger partial charge in [-0.15, -0.1) is 0 Å². The van der Waals surface area contributed by atoms with E-state index in [1.807, 2.05) is 54.6 Å². The van der Waals surface area contributed by atoms with Gasteiger partial charge >= 0.3 is 0 Å². The first-order chi connectivity index (χ1) is 17.0. The van der Waals surface area contributed by atoms with Crippen molar-refractivity contribution in [2.24, 2.45) is 5.14 Å². The number of aromatic nitrogens is 3. The minimum atomic E-state index is -3.67. The summed E-state index contributed by atoms with van der Waals surface area (Å²) in [5.74, 6) is 0.420. The van der Waals surface area contributed by atoms with Gasteiger partial charge in [0.1, 0.15) is 5.82 Å². The summed E-state index contributed by atoms with van der Waals surface area (Å²) in [6, 6.07) is 25.9. The molecule has 0 amide bonds. The SMILES string of the molecule is NS(=O)(=O)Cc1cncc(-c2cc3cccc(-c4ccccc4)c3c(NCc3ccccn3)n2)c1. The van der Waals surface area contributed by atoms with Gasteiger partial charge in [-0.3, -0.25) is 9.97 Å². The van der Waals surface area contributed by atoms with Crippen molar-refractivity contribution in [3.05, 3.63) is 109 Å². The summed E-state index contributed by atoms with van der Waals surface area (Å²) in [7, 11) is -3.67. The van der Waals surface area contributed by atoms with E-state index in [0.29, 0.717) is 29.2 Å². The Hall–Kier alpha value is -4.14. The fourth-order valence-electron chi connectivity index (χ4n) is 4.06. The third-order valence-corrected chi connectivity index (χ3v) is 6.30. The molecule has 8 heteroatoms. The number of nitrogens with one attached hydrogen (secondary N) is 1. The van der Waals surface area contributed by atoms with Gasteiger partial charge in [0.2, 0.25) is 10.0 Å². The van der Waals surface area contributed by atoms with E-state index in [1.165, 1.54) is 6.20 Å². The van der Waals surface area contributed by atoms with Crippen molar-refractivity contribution in [1.82, 2.24) is 15.0 Å². The van der Waals surface area contributed by atoms with Crippen molar-refractivity contribution < 1.29 is 8.42 Å². The van der Waals surface area contributed by atoms with Crippen LogP contribution in [0.3, 0.4) is 0 Å². The molecule has 5 aromatic rings. The third kappa shape index (κ3) is 5.34. The van der Waals surface area contributed by atoms with Gasteiger partial charge in [-0.2, -0.15) is 0 Å². The molecule has 7 nitrogen and oxygen atoms in total. The number of anilines is 1. The van der Waals surface area contributed by atoms with E-state index in [1.54, 1.807) is 18.5 Å². The Labute approximate surface area is 203 Å². The Morgan fingerprint density at radius 2 is 1.69 bits per heavy atom. The van der Waals surface area contributed by atoms with Gasteiger partial charge in [0.15, 0.2) is 0 Å². The Bertz CT molecular complexity index is 1590. The first kappa shape index (κ1) is 22.6. The minimum absolute atomic E-state index is 0.287. The highest BCUT2D eigenvalue weighted by atomic mass is 32.2. The largest absolute Gasteiger partial charge is 0.364 e. The Morgan fingerprint density at radius 1 is 0.857 bits per heavy atom. The topological polar surface area (TPSA) is 111 Å². The normalized spacial score (nSPS) is 11.5. The summed E-state index contributed by atoms with van der Waals surface area (Å²) in [5.41, 5.74) is 4.93. The highest BCUT2D eigenvalue weighted by Crippen LogP contribution is 2.35. The molecule has 174 valence electrons. The molecule has 0 unspecified atom stereocenters. The third-order valence-electron chi connectivity index (χ3n) is 5.56. The first-order valence-electron chi connectivity index (χ1n) is 11.0. The fourth-order valence-corrected chi connectivity index (χ4v) is 4.68. The van der Waals surface area contributed by atoms with Crippen LogP contribution in [0.2, 0.25) is 0 Å². The molecule has 2 aromatic carbocycles. The van der Waals surface area contributed by atoms with Crippen molar-refractivity contribution in [3.8, 4) is 22.4 Å². The zero-order valence-electron chi connectivity index (χ0n) is 18.8. The van der Waals surface area contributed by atoms with Gasteiger partial charge in [-0.1, -0.05) is 54.6 Å². The molecule has 3 N–H and O–H groups in total. The summed E-state index contributed by atoms with van der Waals surface area (Å²) in [6.07, 6.45) is 4.93. The maximum atomic E-state index is 11.6. The molecule has 0 radical (unpaired) electrons. The van der Waals surface area contributed by atoms with E-state index in [-0.39, 0.29) is 5.75 Å². The van der Waals surface area contributed by atoms with Crippen LogP contribution in [0.15, 0.2) is 97.5 Å². The summed E-state index contributed by atoms with van der Waals surface area (Å²) >= 11 is 0. The van der Waals surface area contributed by atoms with E-state index in [4.69, 9.17) is 10.1 Å². The average molecular weight is 482 g/mol. The van der Waals surface area contributed by atoms with Crippen LogP contribution in [-0.2, 0) is 22.3 Å². The molecule has 0 bridgehead atoms. The molecule has 35 heavy (non-hydrogen) atoms.